The van der Waals surface area contributed by atoms with Crippen molar-refractivity contribution in [3.8, 4) is 0 Å². The first-order valence-electron chi connectivity index (χ1n) is 7.19. The van der Waals surface area contributed by atoms with E-state index in [0.29, 0.717) is 6.04 Å². The summed E-state index contributed by atoms with van der Waals surface area (Å²) < 4.78 is 1.84. The maximum atomic E-state index is 4.52. The average Bonchev–Trinajstić information content (AvgIpc) is 2.68. The standard InChI is InChI=1S/C15H22N4/c1-10-4-6-12(7-5-10)17-13-8-14-11(2)18-19(3)15(14)16-9-13/h8-10,12,17H,4-7H2,1-3H3. The third-order valence-electron chi connectivity index (χ3n) is 4.25. The molecule has 0 spiro atoms. The molecular weight excluding hydrogens is 236 g/mol. The summed E-state index contributed by atoms with van der Waals surface area (Å²) in [6.07, 6.45) is 7.14. The number of fused-ring (bicyclic) bond motifs is 1. The summed E-state index contributed by atoms with van der Waals surface area (Å²) in [5, 5.41) is 9.19. The van der Waals surface area contributed by atoms with Crippen LogP contribution in [0.2, 0.25) is 0 Å². The molecule has 0 saturated heterocycles. The number of hydrogen-bond donors (Lipinski definition) is 1. The number of rotatable bonds is 2. The van der Waals surface area contributed by atoms with Crippen molar-refractivity contribution in [2.24, 2.45) is 13.0 Å². The Bertz CT molecular complexity index is 579. The van der Waals surface area contributed by atoms with E-state index in [1.54, 1.807) is 0 Å². The van der Waals surface area contributed by atoms with Gasteiger partial charge in [-0.1, -0.05) is 6.92 Å². The van der Waals surface area contributed by atoms with Crippen LogP contribution < -0.4 is 5.32 Å². The van der Waals surface area contributed by atoms with Crippen LogP contribution in [0, 0.1) is 12.8 Å². The van der Waals surface area contributed by atoms with Gasteiger partial charge in [0.05, 0.1) is 17.6 Å². The van der Waals surface area contributed by atoms with Crippen molar-refractivity contribution in [3.05, 3.63) is 18.0 Å². The second-order valence-corrected chi connectivity index (χ2v) is 5.91. The Kier molecular flexibility index (Phi) is 3.17. The predicted molar refractivity (Wildman–Crippen MR) is 78.3 cm³/mol. The Hall–Kier alpha value is -1.58. The highest BCUT2D eigenvalue weighted by molar-refractivity contribution is 5.81. The summed E-state index contributed by atoms with van der Waals surface area (Å²) in [5.74, 6) is 0.888. The van der Waals surface area contributed by atoms with Crippen molar-refractivity contribution in [3.63, 3.8) is 0 Å². The predicted octanol–water partition coefficient (Wildman–Crippen LogP) is 3.27. The van der Waals surface area contributed by atoms with Crippen LogP contribution in [0.5, 0.6) is 0 Å². The molecular formula is C15H22N4. The van der Waals surface area contributed by atoms with Crippen molar-refractivity contribution in [1.29, 1.82) is 0 Å². The molecule has 102 valence electrons. The number of hydrogen-bond acceptors (Lipinski definition) is 3. The van der Waals surface area contributed by atoms with Gasteiger partial charge in [0.15, 0.2) is 5.65 Å². The summed E-state index contributed by atoms with van der Waals surface area (Å²) in [5.41, 5.74) is 3.13. The van der Waals surface area contributed by atoms with Gasteiger partial charge in [-0.15, -0.1) is 0 Å². The number of nitrogens with zero attached hydrogens (tertiary/aromatic N) is 3. The molecule has 1 aliphatic carbocycles. The molecule has 0 aromatic carbocycles. The Morgan fingerprint density at radius 2 is 2.00 bits per heavy atom. The third-order valence-corrected chi connectivity index (χ3v) is 4.25. The molecule has 0 bridgehead atoms. The van der Waals surface area contributed by atoms with E-state index in [4.69, 9.17) is 0 Å². The second-order valence-electron chi connectivity index (χ2n) is 5.91. The number of nitrogens with one attached hydrogen (secondary N) is 1. The minimum absolute atomic E-state index is 0.604. The fourth-order valence-corrected chi connectivity index (χ4v) is 3.03. The van der Waals surface area contributed by atoms with Crippen LogP contribution >= 0.6 is 0 Å². The first kappa shape index (κ1) is 12.5. The molecule has 0 unspecified atom stereocenters. The van der Waals surface area contributed by atoms with E-state index in [-0.39, 0.29) is 0 Å². The quantitative estimate of drug-likeness (QED) is 0.899. The van der Waals surface area contributed by atoms with Gasteiger partial charge < -0.3 is 5.32 Å². The summed E-state index contributed by atoms with van der Waals surface area (Å²) in [6.45, 7) is 4.39. The molecule has 4 heteroatoms. The van der Waals surface area contributed by atoms with Crippen LogP contribution in [0.1, 0.15) is 38.3 Å². The van der Waals surface area contributed by atoms with Gasteiger partial charge in [-0.3, -0.25) is 4.68 Å². The lowest BCUT2D eigenvalue weighted by Crippen LogP contribution is -2.25. The smallest absolute Gasteiger partial charge is 0.157 e. The van der Waals surface area contributed by atoms with Crippen LogP contribution in [0.4, 0.5) is 5.69 Å². The van der Waals surface area contributed by atoms with E-state index in [0.717, 1.165) is 28.3 Å². The van der Waals surface area contributed by atoms with E-state index in [2.05, 4.69) is 28.4 Å². The molecule has 0 radical (unpaired) electrons. The molecule has 2 aromatic rings. The van der Waals surface area contributed by atoms with Gasteiger partial charge >= 0.3 is 0 Å². The van der Waals surface area contributed by atoms with E-state index in [9.17, 15) is 0 Å². The monoisotopic (exact) mass is 258 g/mol. The highest BCUT2D eigenvalue weighted by atomic mass is 15.3. The Morgan fingerprint density at radius 3 is 2.74 bits per heavy atom. The van der Waals surface area contributed by atoms with Crippen molar-refractivity contribution < 1.29 is 0 Å². The van der Waals surface area contributed by atoms with Crippen LogP contribution in [0.25, 0.3) is 11.0 Å². The Morgan fingerprint density at radius 1 is 1.26 bits per heavy atom. The van der Waals surface area contributed by atoms with Gasteiger partial charge in [0.1, 0.15) is 0 Å². The van der Waals surface area contributed by atoms with Crippen LogP contribution in [-0.2, 0) is 7.05 Å². The zero-order chi connectivity index (χ0) is 13.4. The van der Waals surface area contributed by atoms with E-state index < -0.39 is 0 Å². The summed E-state index contributed by atoms with van der Waals surface area (Å²) in [6, 6.07) is 2.79. The highest BCUT2D eigenvalue weighted by Crippen LogP contribution is 2.27. The molecule has 3 rings (SSSR count). The van der Waals surface area contributed by atoms with Gasteiger partial charge in [0, 0.05) is 18.5 Å². The molecule has 1 saturated carbocycles. The lowest BCUT2D eigenvalue weighted by molar-refractivity contribution is 0.361. The maximum absolute atomic E-state index is 4.52. The number of pyridine rings is 1. The minimum atomic E-state index is 0.604. The van der Waals surface area contributed by atoms with Gasteiger partial charge in [-0.25, -0.2) is 4.98 Å². The number of aromatic nitrogens is 3. The third kappa shape index (κ3) is 2.44. The Labute approximate surface area is 114 Å². The molecule has 1 N–H and O–H groups in total. The maximum Gasteiger partial charge on any atom is 0.157 e. The SMILES string of the molecule is Cc1nn(C)c2ncc(NC3CCC(C)CC3)cc12. The molecule has 0 amide bonds. The van der Waals surface area contributed by atoms with Gasteiger partial charge in [-0.05, 0) is 44.6 Å². The van der Waals surface area contributed by atoms with Crippen molar-refractivity contribution in [1.82, 2.24) is 14.8 Å². The van der Waals surface area contributed by atoms with Crippen molar-refractivity contribution in [2.75, 3.05) is 5.32 Å². The molecule has 19 heavy (non-hydrogen) atoms. The molecule has 2 heterocycles. The molecule has 1 aliphatic rings. The first-order chi connectivity index (χ1) is 9.13. The summed E-state index contributed by atoms with van der Waals surface area (Å²) in [7, 11) is 1.94. The topological polar surface area (TPSA) is 42.7 Å². The number of anilines is 1. The minimum Gasteiger partial charge on any atom is -0.381 e. The second kappa shape index (κ2) is 4.83. The van der Waals surface area contributed by atoms with E-state index >= 15 is 0 Å². The first-order valence-corrected chi connectivity index (χ1v) is 7.19. The largest absolute Gasteiger partial charge is 0.381 e. The average molecular weight is 258 g/mol. The van der Waals surface area contributed by atoms with Crippen LogP contribution in [-0.4, -0.2) is 20.8 Å². The molecule has 4 nitrogen and oxygen atoms in total. The zero-order valence-corrected chi connectivity index (χ0v) is 12.0. The van der Waals surface area contributed by atoms with E-state index in [1.807, 2.05) is 24.9 Å². The zero-order valence-electron chi connectivity index (χ0n) is 12.0. The fourth-order valence-electron chi connectivity index (χ4n) is 3.03. The Balaban J connectivity index is 1.80. The van der Waals surface area contributed by atoms with E-state index in [1.165, 1.54) is 25.7 Å². The molecule has 0 aliphatic heterocycles. The van der Waals surface area contributed by atoms with Gasteiger partial charge in [-0.2, -0.15) is 5.10 Å². The number of aryl methyl sites for hydroxylation is 2. The molecule has 2 aromatic heterocycles. The molecule has 0 atom stereocenters. The fraction of sp³-hybridized carbons (Fsp3) is 0.600. The highest BCUT2D eigenvalue weighted by Gasteiger charge is 2.18. The summed E-state index contributed by atoms with van der Waals surface area (Å²) in [4.78, 5) is 4.52. The van der Waals surface area contributed by atoms with Crippen molar-refractivity contribution >= 4 is 16.7 Å². The normalized spacial score (nSPS) is 23.7. The molecule has 1 fully saturated rings. The summed E-state index contributed by atoms with van der Waals surface area (Å²) >= 11 is 0. The van der Waals surface area contributed by atoms with Crippen LogP contribution in [0.15, 0.2) is 12.3 Å². The van der Waals surface area contributed by atoms with Crippen molar-refractivity contribution in [2.45, 2.75) is 45.6 Å². The van der Waals surface area contributed by atoms with Gasteiger partial charge in [0.2, 0.25) is 0 Å². The van der Waals surface area contributed by atoms with Gasteiger partial charge in [0.25, 0.3) is 0 Å². The lowest BCUT2D eigenvalue weighted by Gasteiger charge is -2.27. The van der Waals surface area contributed by atoms with Crippen LogP contribution in [0.3, 0.4) is 0 Å². The lowest BCUT2D eigenvalue weighted by atomic mass is 9.87.